The summed E-state index contributed by atoms with van der Waals surface area (Å²) in [7, 11) is -3.85. The third-order valence-corrected chi connectivity index (χ3v) is 6.54. The molecular formula is C14H18O4S. The fraction of sp³-hybridized carbons (Fsp3) is 0.500. The maximum Gasteiger partial charge on any atom is 0.325 e. The van der Waals surface area contributed by atoms with Crippen molar-refractivity contribution in [3.05, 3.63) is 30.3 Å². The number of carboxylic acid groups (broad SMARTS) is 1. The first-order valence-corrected chi connectivity index (χ1v) is 7.91. The monoisotopic (exact) mass is 282 g/mol. The molecule has 5 heteroatoms. The summed E-state index contributed by atoms with van der Waals surface area (Å²) < 4.78 is 23.7. The first-order valence-electron chi connectivity index (χ1n) is 6.43. The molecule has 0 aromatic heterocycles. The molecule has 1 fully saturated rings. The van der Waals surface area contributed by atoms with Crippen molar-refractivity contribution in [1.29, 1.82) is 0 Å². The molecule has 1 saturated carbocycles. The van der Waals surface area contributed by atoms with E-state index in [1.807, 2.05) is 6.92 Å². The van der Waals surface area contributed by atoms with Crippen LogP contribution in [0, 0.1) is 5.92 Å². The first kappa shape index (κ1) is 14.1. The van der Waals surface area contributed by atoms with Crippen molar-refractivity contribution in [3.63, 3.8) is 0 Å². The summed E-state index contributed by atoms with van der Waals surface area (Å²) in [5.74, 6) is -0.832. The van der Waals surface area contributed by atoms with Gasteiger partial charge in [0.25, 0.3) is 0 Å². The Morgan fingerprint density at radius 1 is 1.21 bits per heavy atom. The maximum absolute atomic E-state index is 12.7. The van der Waals surface area contributed by atoms with Gasteiger partial charge in [-0.15, -0.1) is 0 Å². The zero-order valence-electron chi connectivity index (χ0n) is 10.9. The van der Waals surface area contributed by atoms with E-state index in [2.05, 4.69) is 0 Å². The molecule has 0 amide bonds. The summed E-state index contributed by atoms with van der Waals surface area (Å²) in [6.45, 7) is 2.03. The number of sulfone groups is 1. The van der Waals surface area contributed by atoms with Gasteiger partial charge in [0.05, 0.1) is 4.90 Å². The SMILES string of the molecule is CC1CCC(C(=O)O)(S(=O)(=O)c2ccccc2)CC1. The Kier molecular flexibility index (Phi) is 3.67. The molecule has 0 saturated heterocycles. The highest BCUT2D eigenvalue weighted by Crippen LogP contribution is 2.41. The van der Waals surface area contributed by atoms with Crippen LogP contribution in [0.4, 0.5) is 0 Å². The van der Waals surface area contributed by atoms with Crippen LogP contribution in [-0.2, 0) is 14.6 Å². The molecule has 1 aliphatic carbocycles. The van der Waals surface area contributed by atoms with Crippen molar-refractivity contribution < 1.29 is 18.3 Å². The molecule has 0 atom stereocenters. The van der Waals surface area contributed by atoms with Crippen LogP contribution in [0.3, 0.4) is 0 Å². The van der Waals surface area contributed by atoms with Gasteiger partial charge in [-0.1, -0.05) is 25.1 Å². The standard InChI is InChI=1S/C14H18O4S/c1-11-7-9-14(10-8-11,13(15)16)19(17,18)12-5-3-2-4-6-12/h2-6,11H,7-10H2,1H3,(H,15,16). The van der Waals surface area contributed by atoms with Crippen molar-refractivity contribution in [2.75, 3.05) is 0 Å². The Labute approximate surface area is 113 Å². The van der Waals surface area contributed by atoms with Crippen LogP contribution < -0.4 is 0 Å². The van der Waals surface area contributed by atoms with Crippen molar-refractivity contribution in [1.82, 2.24) is 0 Å². The van der Waals surface area contributed by atoms with E-state index in [0.717, 1.165) is 0 Å². The fourth-order valence-electron chi connectivity index (χ4n) is 2.65. The number of benzene rings is 1. The summed E-state index contributed by atoms with van der Waals surface area (Å²) in [5, 5.41) is 9.49. The molecule has 4 nitrogen and oxygen atoms in total. The Hall–Kier alpha value is -1.36. The highest BCUT2D eigenvalue weighted by Gasteiger charge is 2.52. The minimum atomic E-state index is -3.85. The minimum Gasteiger partial charge on any atom is -0.480 e. The van der Waals surface area contributed by atoms with Crippen LogP contribution in [0.15, 0.2) is 35.2 Å². The summed E-state index contributed by atoms with van der Waals surface area (Å²) in [6.07, 6.45) is 1.66. The van der Waals surface area contributed by atoms with Gasteiger partial charge >= 0.3 is 5.97 Å². The van der Waals surface area contributed by atoms with Crippen LogP contribution in [0.1, 0.15) is 32.6 Å². The molecule has 2 rings (SSSR count). The number of hydrogen-bond donors (Lipinski definition) is 1. The van der Waals surface area contributed by atoms with E-state index in [4.69, 9.17) is 0 Å². The zero-order chi connectivity index (χ0) is 14.1. The van der Waals surface area contributed by atoms with Gasteiger partial charge in [-0.05, 0) is 43.7 Å². The number of rotatable bonds is 3. The molecule has 0 radical (unpaired) electrons. The largest absolute Gasteiger partial charge is 0.480 e. The average Bonchev–Trinajstić information content (AvgIpc) is 2.40. The molecule has 0 unspecified atom stereocenters. The van der Waals surface area contributed by atoms with Gasteiger partial charge in [-0.2, -0.15) is 0 Å². The van der Waals surface area contributed by atoms with Crippen molar-refractivity contribution in [2.45, 2.75) is 42.2 Å². The topological polar surface area (TPSA) is 71.4 Å². The van der Waals surface area contributed by atoms with E-state index < -0.39 is 20.6 Å². The van der Waals surface area contributed by atoms with Gasteiger partial charge in [0.1, 0.15) is 0 Å². The summed E-state index contributed by atoms with van der Waals surface area (Å²) in [6, 6.07) is 7.90. The molecule has 0 heterocycles. The average molecular weight is 282 g/mol. The lowest BCUT2D eigenvalue weighted by molar-refractivity contribution is -0.141. The van der Waals surface area contributed by atoms with E-state index in [-0.39, 0.29) is 17.7 Å². The van der Waals surface area contributed by atoms with Gasteiger partial charge in [0, 0.05) is 0 Å². The second kappa shape index (κ2) is 4.96. The van der Waals surface area contributed by atoms with Crippen LogP contribution in [-0.4, -0.2) is 24.2 Å². The Balaban J connectivity index is 2.49. The second-order valence-corrected chi connectivity index (χ2v) is 7.56. The number of aliphatic carboxylic acids is 1. The minimum absolute atomic E-state index is 0.104. The van der Waals surface area contributed by atoms with Crippen molar-refractivity contribution >= 4 is 15.8 Å². The Bertz CT molecular complexity index is 554. The highest BCUT2D eigenvalue weighted by atomic mass is 32.2. The van der Waals surface area contributed by atoms with Crippen molar-refractivity contribution in [2.24, 2.45) is 5.92 Å². The lowest BCUT2D eigenvalue weighted by Gasteiger charge is -2.35. The van der Waals surface area contributed by atoms with Crippen LogP contribution >= 0.6 is 0 Å². The molecule has 0 spiro atoms. The van der Waals surface area contributed by atoms with E-state index in [1.165, 1.54) is 12.1 Å². The van der Waals surface area contributed by atoms with E-state index in [9.17, 15) is 18.3 Å². The summed E-state index contributed by atoms with van der Waals surface area (Å²) in [5.41, 5.74) is 0. The highest BCUT2D eigenvalue weighted by molar-refractivity contribution is 7.93. The molecule has 1 N–H and O–H groups in total. The summed E-state index contributed by atoms with van der Waals surface area (Å²) in [4.78, 5) is 11.7. The summed E-state index contributed by atoms with van der Waals surface area (Å²) >= 11 is 0. The van der Waals surface area contributed by atoms with Gasteiger partial charge < -0.3 is 5.11 Å². The third kappa shape index (κ3) is 2.27. The number of carboxylic acids is 1. The Morgan fingerprint density at radius 2 is 1.74 bits per heavy atom. The molecule has 19 heavy (non-hydrogen) atoms. The zero-order valence-corrected chi connectivity index (χ0v) is 11.7. The van der Waals surface area contributed by atoms with Gasteiger partial charge in [0.15, 0.2) is 14.6 Å². The molecule has 1 aliphatic rings. The number of carbonyl (C=O) groups is 1. The molecule has 1 aromatic rings. The lowest BCUT2D eigenvalue weighted by Crippen LogP contribution is -2.48. The van der Waals surface area contributed by atoms with Crippen molar-refractivity contribution in [3.8, 4) is 0 Å². The molecule has 0 aliphatic heterocycles. The van der Waals surface area contributed by atoms with Crippen LogP contribution in [0.2, 0.25) is 0 Å². The fourth-order valence-corrected chi connectivity index (χ4v) is 4.62. The van der Waals surface area contributed by atoms with Gasteiger partial charge in [-0.25, -0.2) is 8.42 Å². The van der Waals surface area contributed by atoms with Gasteiger partial charge in [0.2, 0.25) is 0 Å². The predicted octanol–water partition coefficient (Wildman–Crippen LogP) is 2.49. The third-order valence-electron chi connectivity index (χ3n) is 4.04. The molecule has 1 aromatic carbocycles. The lowest BCUT2D eigenvalue weighted by atomic mass is 9.82. The normalized spacial score (nSPS) is 27.9. The molecular weight excluding hydrogens is 264 g/mol. The van der Waals surface area contributed by atoms with Gasteiger partial charge in [-0.3, -0.25) is 4.79 Å². The van der Waals surface area contributed by atoms with Crippen LogP contribution in [0.5, 0.6) is 0 Å². The molecule has 0 bridgehead atoms. The smallest absolute Gasteiger partial charge is 0.325 e. The maximum atomic E-state index is 12.7. The first-order chi connectivity index (χ1) is 8.90. The van der Waals surface area contributed by atoms with E-state index >= 15 is 0 Å². The second-order valence-electron chi connectivity index (χ2n) is 5.30. The van der Waals surface area contributed by atoms with E-state index in [1.54, 1.807) is 18.2 Å². The quantitative estimate of drug-likeness (QED) is 0.924. The number of hydrogen-bond acceptors (Lipinski definition) is 3. The predicted molar refractivity (Wildman–Crippen MR) is 71.6 cm³/mol. The van der Waals surface area contributed by atoms with E-state index in [0.29, 0.717) is 18.8 Å². The molecule has 104 valence electrons. The van der Waals surface area contributed by atoms with Crippen LogP contribution in [0.25, 0.3) is 0 Å². The Morgan fingerprint density at radius 3 is 2.21 bits per heavy atom.